The Balaban J connectivity index is 2.24. The number of methoxy groups -OCH3 is 1. The molecule has 0 saturated carbocycles. The number of hydrogen-bond donors (Lipinski definition) is 0. The SMILES string of the molecule is COCC(=O)Oc1cccc(/C=C(/C#N)c2ccccc2)c1. The molecule has 0 radical (unpaired) electrons. The molecule has 0 amide bonds. The molecule has 0 heterocycles. The van der Waals surface area contributed by atoms with Crippen LogP contribution in [0.2, 0.25) is 0 Å². The zero-order valence-corrected chi connectivity index (χ0v) is 12.2. The van der Waals surface area contributed by atoms with Crippen molar-refractivity contribution in [2.24, 2.45) is 0 Å². The van der Waals surface area contributed by atoms with E-state index in [2.05, 4.69) is 6.07 Å². The van der Waals surface area contributed by atoms with Crippen molar-refractivity contribution < 1.29 is 14.3 Å². The predicted octanol–water partition coefficient (Wildman–Crippen LogP) is 3.30. The number of benzene rings is 2. The Morgan fingerprint density at radius 2 is 1.95 bits per heavy atom. The highest BCUT2D eigenvalue weighted by Gasteiger charge is 2.05. The van der Waals surface area contributed by atoms with E-state index >= 15 is 0 Å². The lowest BCUT2D eigenvalue weighted by Crippen LogP contribution is -2.14. The summed E-state index contributed by atoms with van der Waals surface area (Å²) in [6.45, 7) is -0.104. The van der Waals surface area contributed by atoms with Gasteiger partial charge in [0.15, 0.2) is 0 Å². The van der Waals surface area contributed by atoms with Gasteiger partial charge in [0.05, 0.1) is 11.6 Å². The summed E-state index contributed by atoms with van der Waals surface area (Å²) >= 11 is 0. The van der Waals surface area contributed by atoms with Crippen LogP contribution < -0.4 is 4.74 Å². The molecule has 2 rings (SSSR count). The Morgan fingerprint density at radius 1 is 1.18 bits per heavy atom. The molecule has 4 heteroatoms. The van der Waals surface area contributed by atoms with E-state index in [0.717, 1.165) is 11.1 Å². The van der Waals surface area contributed by atoms with Crippen molar-refractivity contribution >= 4 is 17.6 Å². The third-order valence-corrected chi connectivity index (χ3v) is 2.87. The minimum Gasteiger partial charge on any atom is -0.425 e. The van der Waals surface area contributed by atoms with E-state index < -0.39 is 5.97 Å². The molecule has 0 aliphatic rings. The molecule has 4 nitrogen and oxygen atoms in total. The maximum absolute atomic E-state index is 11.4. The molecule has 2 aromatic carbocycles. The first-order valence-electron chi connectivity index (χ1n) is 6.70. The molecule has 2 aromatic rings. The summed E-state index contributed by atoms with van der Waals surface area (Å²) < 4.78 is 9.86. The van der Waals surface area contributed by atoms with Crippen molar-refractivity contribution in [2.45, 2.75) is 0 Å². The molecule has 0 fully saturated rings. The Kier molecular flexibility index (Phi) is 5.47. The molecule has 0 aromatic heterocycles. The highest BCUT2D eigenvalue weighted by Crippen LogP contribution is 2.20. The predicted molar refractivity (Wildman–Crippen MR) is 83.9 cm³/mol. The van der Waals surface area contributed by atoms with E-state index in [-0.39, 0.29) is 6.61 Å². The van der Waals surface area contributed by atoms with Crippen molar-refractivity contribution in [1.29, 1.82) is 5.26 Å². The van der Waals surface area contributed by atoms with E-state index in [0.29, 0.717) is 11.3 Å². The van der Waals surface area contributed by atoms with Gasteiger partial charge in [0, 0.05) is 7.11 Å². The van der Waals surface area contributed by atoms with Crippen LogP contribution in [-0.2, 0) is 9.53 Å². The van der Waals surface area contributed by atoms with Crippen molar-refractivity contribution in [2.75, 3.05) is 13.7 Å². The van der Waals surface area contributed by atoms with Crippen LogP contribution in [0.1, 0.15) is 11.1 Å². The van der Waals surface area contributed by atoms with Crippen LogP contribution in [0, 0.1) is 11.3 Å². The lowest BCUT2D eigenvalue weighted by atomic mass is 10.0. The number of nitriles is 1. The minimum atomic E-state index is -0.466. The summed E-state index contributed by atoms with van der Waals surface area (Å²) in [6.07, 6.45) is 1.75. The summed E-state index contributed by atoms with van der Waals surface area (Å²) in [6, 6.07) is 18.6. The van der Waals surface area contributed by atoms with Crippen LogP contribution in [0.3, 0.4) is 0 Å². The highest BCUT2D eigenvalue weighted by molar-refractivity contribution is 5.89. The number of nitrogens with zero attached hydrogens (tertiary/aromatic N) is 1. The number of hydrogen-bond acceptors (Lipinski definition) is 4. The summed E-state index contributed by atoms with van der Waals surface area (Å²) in [5.74, 6) is -0.0478. The zero-order valence-electron chi connectivity index (χ0n) is 12.2. The topological polar surface area (TPSA) is 59.3 Å². The fourth-order valence-electron chi connectivity index (χ4n) is 1.91. The summed E-state index contributed by atoms with van der Waals surface area (Å²) in [4.78, 5) is 11.4. The Bertz CT molecular complexity index is 715. The van der Waals surface area contributed by atoms with E-state index in [1.165, 1.54) is 7.11 Å². The highest BCUT2D eigenvalue weighted by atomic mass is 16.6. The fraction of sp³-hybridized carbons (Fsp3) is 0.111. The van der Waals surface area contributed by atoms with Crippen molar-refractivity contribution in [1.82, 2.24) is 0 Å². The third-order valence-electron chi connectivity index (χ3n) is 2.87. The van der Waals surface area contributed by atoms with Gasteiger partial charge in [-0.1, -0.05) is 42.5 Å². The van der Waals surface area contributed by atoms with E-state index in [9.17, 15) is 10.1 Å². The number of allylic oxidation sites excluding steroid dienone is 1. The molecule has 0 spiro atoms. The number of carbonyl (C=O) groups is 1. The van der Waals surface area contributed by atoms with Gasteiger partial charge in [-0.2, -0.15) is 5.26 Å². The Labute approximate surface area is 129 Å². The lowest BCUT2D eigenvalue weighted by molar-refractivity contribution is -0.138. The maximum atomic E-state index is 11.4. The van der Waals surface area contributed by atoms with Crippen molar-refractivity contribution in [3.8, 4) is 11.8 Å². The van der Waals surface area contributed by atoms with Gasteiger partial charge < -0.3 is 9.47 Å². The van der Waals surface area contributed by atoms with Crippen LogP contribution >= 0.6 is 0 Å². The van der Waals surface area contributed by atoms with E-state index in [4.69, 9.17) is 9.47 Å². The Hall–Kier alpha value is -2.90. The first-order chi connectivity index (χ1) is 10.7. The van der Waals surface area contributed by atoms with Gasteiger partial charge in [0.1, 0.15) is 12.4 Å². The summed E-state index contributed by atoms with van der Waals surface area (Å²) in [7, 11) is 1.43. The average molecular weight is 293 g/mol. The van der Waals surface area contributed by atoms with Gasteiger partial charge in [0.2, 0.25) is 0 Å². The molecule has 110 valence electrons. The molecule has 0 aliphatic carbocycles. The van der Waals surface area contributed by atoms with Gasteiger partial charge in [-0.05, 0) is 29.3 Å². The standard InChI is InChI=1S/C18H15NO3/c1-21-13-18(20)22-17-9-5-6-14(11-17)10-16(12-19)15-7-3-2-4-8-15/h2-11H,13H2,1H3/b16-10-. The summed E-state index contributed by atoms with van der Waals surface area (Å²) in [5, 5.41) is 9.31. The molecular weight excluding hydrogens is 278 g/mol. The maximum Gasteiger partial charge on any atom is 0.337 e. The molecule has 22 heavy (non-hydrogen) atoms. The van der Waals surface area contributed by atoms with E-state index in [1.807, 2.05) is 36.4 Å². The lowest BCUT2D eigenvalue weighted by Gasteiger charge is -2.05. The first kappa shape index (κ1) is 15.5. The van der Waals surface area contributed by atoms with Crippen molar-refractivity contribution in [3.05, 3.63) is 65.7 Å². The molecule has 0 N–H and O–H groups in total. The quantitative estimate of drug-likeness (QED) is 0.367. The third kappa shape index (κ3) is 4.30. The largest absolute Gasteiger partial charge is 0.425 e. The van der Waals surface area contributed by atoms with Gasteiger partial charge in [-0.3, -0.25) is 0 Å². The van der Waals surface area contributed by atoms with Gasteiger partial charge in [0.25, 0.3) is 0 Å². The number of rotatable bonds is 5. The first-order valence-corrected chi connectivity index (χ1v) is 6.70. The second-order valence-corrected chi connectivity index (χ2v) is 4.52. The average Bonchev–Trinajstić information content (AvgIpc) is 2.54. The van der Waals surface area contributed by atoms with Gasteiger partial charge in [-0.15, -0.1) is 0 Å². The van der Waals surface area contributed by atoms with Crippen LogP contribution in [-0.4, -0.2) is 19.7 Å². The Morgan fingerprint density at radius 3 is 2.64 bits per heavy atom. The number of carbonyl (C=O) groups excluding carboxylic acids is 1. The van der Waals surface area contributed by atoms with E-state index in [1.54, 1.807) is 24.3 Å². The normalized spacial score (nSPS) is 10.8. The smallest absolute Gasteiger partial charge is 0.337 e. The zero-order chi connectivity index (χ0) is 15.8. The molecule has 0 atom stereocenters. The van der Waals surface area contributed by atoms with Crippen molar-refractivity contribution in [3.63, 3.8) is 0 Å². The second-order valence-electron chi connectivity index (χ2n) is 4.52. The second kappa shape index (κ2) is 7.77. The molecule has 0 unspecified atom stereocenters. The molecule has 0 bridgehead atoms. The van der Waals surface area contributed by atoms with Gasteiger partial charge in [-0.25, -0.2) is 4.79 Å². The molecule has 0 saturated heterocycles. The number of esters is 1. The fourth-order valence-corrected chi connectivity index (χ4v) is 1.91. The van der Waals surface area contributed by atoms with Gasteiger partial charge >= 0.3 is 5.97 Å². The molecule has 0 aliphatic heterocycles. The van der Waals surface area contributed by atoms with Crippen LogP contribution in [0.15, 0.2) is 54.6 Å². The number of ether oxygens (including phenoxy) is 2. The van der Waals surface area contributed by atoms with Crippen LogP contribution in [0.25, 0.3) is 11.6 Å². The minimum absolute atomic E-state index is 0.104. The monoisotopic (exact) mass is 293 g/mol. The molecular formula is C18H15NO3. The summed E-state index contributed by atoms with van der Waals surface area (Å²) in [5.41, 5.74) is 2.16. The van der Waals surface area contributed by atoms with Crippen LogP contribution in [0.4, 0.5) is 0 Å². The van der Waals surface area contributed by atoms with Crippen LogP contribution in [0.5, 0.6) is 5.75 Å².